The number of nitrogens with one attached hydrogen (secondary N) is 2. The number of aromatic amines is 1. The van der Waals surface area contributed by atoms with Gasteiger partial charge in [0.05, 0.1) is 0 Å². The lowest BCUT2D eigenvalue weighted by molar-refractivity contribution is -0.142. The Morgan fingerprint density at radius 3 is 2.76 bits per heavy atom. The minimum Gasteiger partial charge on any atom is -0.461 e. The summed E-state index contributed by atoms with van der Waals surface area (Å²) < 4.78 is 4.98. The molecule has 0 aromatic carbocycles. The highest BCUT2D eigenvalue weighted by Crippen LogP contribution is 2.26. The number of esters is 1. The molecule has 0 bridgehead atoms. The second-order valence-corrected chi connectivity index (χ2v) is 6.15. The van der Waals surface area contributed by atoms with Gasteiger partial charge >= 0.3 is 5.97 Å². The topological polar surface area (TPSA) is 71.2 Å². The normalized spacial score (nSPS) is 15.6. The van der Waals surface area contributed by atoms with Crippen molar-refractivity contribution in [1.82, 2.24) is 10.3 Å². The van der Waals surface area contributed by atoms with Crippen molar-refractivity contribution in [2.75, 3.05) is 6.61 Å². The zero-order valence-corrected chi connectivity index (χ0v) is 15.2. The van der Waals surface area contributed by atoms with E-state index in [1.54, 1.807) is 6.08 Å². The first-order valence-electron chi connectivity index (χ1n) is 8.64. The van der Waals surface area contributed by atoms with Crippen molar-refractivity contribution < 1.29 is 14.3 Å². The number of allylic oxidation sites excluding steroid dienone is 1. The van der Waals surface area contributed by atoms with E-state index in [2.05, 4.69) is 16.9 Å². The van der Waals surface area contributed by atoms with Crippen LogP contribution in [0, 0.1) is 6.92 Å². The Kier molecular flexibility index (Phi) is 6.39. The van der Waals surface area contributed by atoms with Crippen molar-refractivity contribution in [3.63, 3.8) is 0 Å². The van der Waals surface area contributed by atoms with Gasteiger partial charge in [0.1, 0.15) is 6.61 Å². The molecule has 0 aliphatic carbocycles. The Bertz CT molecular complexity index is 738. The Morgan fingerprint density at radius 2 is 2.12 bits per heavy atom. The molecule has 1 aliphatic rings. The molecule has 0 fully saturated rings. The number of aryl methyl sites for hydroxylation is 1. The van der Waals surface area contributed by atoms with Crippen LogP contribution in [0.1, 0.15) is 49.9 Å². The number of hydrogen-bond donors (Lipinski definition) is 2. The zero-order chi connectivity index (χ0) is 18.4. The van der Waals surface area contributed by atoms with Gasteiger partial charge < -0.3 is 15.0 Å². The Labute approximate surface area is 148 Å². The average Bonchev–Trinajstić information content (AvgIpc) is 3.06. The minimum atomic E-state index is -0.197. The van der Waals surface area contributed by atoms with Gasteiger partial charge in [-0.15, -0.1) is 0 Å². The van der Waals surface area contributed by atoms with Crippen molar-refractivity contribution in [3.8, 4) is 0 Å². The fraction of sp³-hybridized carbons (Fsp3) is 0.400. The molecule has 0 radical (unpaired) electrons. The number of hydrogen-bond acceptors (Lipinski definition) is 3. The fourth-order valence-corrected chi connectivity index (χ4v) is 2.95. The first kappa shape index (κ1) is 18.8. The summed E-state index contributed by atoms with van der Waals surface area (Å²) in [5.41, 5.74) is 5.99. The number of amides is 1. The number of carbonyl (C=O) groups is 2. The Morgan fingerprint density at radius 1 is 1.36 bits per heavy atom. The van der Waals surface area contributed by atoms with Crippen molar-refractivity contribution in [3.05, 3.63) is 52.5 Å². The number of ether oxygens (including phenoxy) is 1. The molecule has 1 aliphatic heterocycles. The molecule has 2 N–H and O–H groups in total. The zero-order valence-electron chi connectivity index (χ0n) is 15.2. The molecule has 25 heavy (non-hydrogen) atoms. The molecule has 1 amide bonds. The molecule has 0 atom stereocenters. The molecule has 134 valence electrons. The van der Waals surface area contributed by atoms with Crippen LogP contribution in [0.2, 0.25) is 0 Å². The summed E-state index contributed by atoms with van der Waals surface area (Å²) in [6.07, 6.45) is 8.17. The summed E-state index contributed by atoms with van der Waals surface area (Å²) in [6, 6.07) is 0. The van der Waals surface area contributed by atoms with Crippen molar-refractivity contribution in [2.45, 2.75) is 46.5 Å². The van der Waals surface area contributed by atoms with Crippen LogP contribution in [0.3, 0.4) is 0 Å². The van der Waals surface area contributed by atoms with Gasteiger partial charge in [-0.1, -0.05) is 19.6 Å². The van der Waals surface area contributed by atoms with E-state index in [0.29, 0.717) is 6.42 Å². The standard InChI is InChI=1S/C20H26N2O3/c1-5-10-25-19(23)9-7-8-15-12-21-17(13(15)3)11-18-14(4)16(6-2)20(24)22-18/h5,11-12,21H,1,6-10H2,2-4H3,(H,22,24)/b18-11+. The molecule has 0 unspecified atom stereocenters. The second kappa shape index (κ2) is 8.51. The summed E-state index contributed by atoms with van der Waals surface area (Å²) in [7, 11) is 0. The van der Waals surface area contributed by atoms with Gasteiger partial charge in [-0.05, 0) is 55.9 Å². The van der Waals surface area contributed by atoms with Crippen LogP contribution in [0.25, 0.3) is 6.08 Å². The lowest BCUT2D eigenvalue weighted by Crippen LogP contribution is -2.16. The summed E-state index contributed by atoms with van der Waals surface area (Å²) in [5.74, 6) is -0.203. The third-order valence-corrected chi connectivity index (χ3v) is 4.50. The van der Waals surface area contributed by atoms with Gasteiger partial charge in [0.15, 0.2) is 0 Å². The van der Waals surface area contributed by atoms with E-state index in [4.69, 9.17) is 4.74 Å². The maximum atomic E-state index is 11.9. The minimum absolute atomic E-state index is 0.00582. The number of aromatic nitrogens is 1. The maximum absolute atomic E-state index is 11.9. The molecule has 2 heterocycles. The average molecular weight is 342 g/mol. The van der Waals surface area contributed by atoms with Crippen molar-refractivity contribution in [1.29, 1.82) is 0 Å². The highest BCUT2D eigenvalue weighted by atomic mass is 16.5. The van der Waals surface area contributed by atoms with E-state index in [1.165, 1.54) is 5.56 Å². The van der Waals surface area contributed by atoms with E-state index >= 15 is 0 Å². The van der Waals surface area contributed by atoms with E-state index in [0.717, 1.165) is 47.4 Å². The molecule has 0 saturated heterocycles. The largest absolute Gasteiger partial charge is 0.461 e. The van der Waals surface area contributed by atoms with Crippen LogP contribution < -0.4 is 5.32 Å². The Balaban J connectivity index is 2.01. The highest BCUT2D eigenvalue weighted by Gasteiger charge is 2.22. The van der Waals surface area contributed by atoms with Crippen LogP contribution >= 0.6 is 0 Å². The summed E-state index contributed by atoms with van der Waals surface area (Å²) >= 11 is 0. The molecular weight excluding hydrogens is 316 g/mol. The number of rotatable bonds is 8. The van der Waals surface area contributed by atoms with E-state index in [9.17, 15) is 9.59 Å². The van der Waals surface area contributed by atoms with E-state index in [-0.39, 0.29) is 18.5 Å². The monoisotopic (exact) mass is 342 g/mol. The van der Waals surface area contributed by atoms with Gasteiger partial charge in [-0.25, -0.2) is 0 Å². The molecule has 5 nitrogen and oxygen atoms in total. The summed E-state index contributed by atoms with van der Waals surface area (Å²) in [6.45, 7) is 9.78. The van der Waals surface area contributed by atoms with E-state index in [1.807, 2.05) is 33.0 Å². The first-order valence-corrected chi connectivity index (χ1v) is 8.64. The SMILES string of the molecule is C=CCOC(=O)CCCc1c[nH]c(/C=C2/NC(=O)C(CC)=C2C)c1C. The molecule has 1 aromatic heterocycles. The number of carbonyl (C=O) groups excluding carboxylic acids is 2. The molecule has 0 spiro atoms. The molecular formula is C20H26N2O3. The first-order chi connectivity index (χ1) is 12.0. The molecule has 1 aromatic rings. The van der Waals surface area contributed by atoms with Gasteiger partial charge in [-0.2, -0.15) is 0 Å². The van der Waals surface area contributed by atoms with Gasteiger partial charge in [-0.3, -0.25) is 9.59 Å². The predicted molar refractivity (Wildman–Crippen MR) is 98.7 cm³/mol. The van der Waals surface area contributed by atoms with Crippen LogP contribution in [0.4, 0.5) is 0 Å². The van der Waals surface area contributed by atoms with Crippen LogP contribution in [0.15, 0.2) is 35.7 Å². The Hall–Kier alpha value is -2.56. The van der Waals surface area contributed by atoms with Gasteiger partial charge in [0.25, 0.3) is 5.91 Å². The molecule has 2 rings (SSSR count). The van der Waals surface area contributed by atoms with E-state index < -0.39 is 0 Å². The lowest BCUT2D eigenvalue weighted by Gasteiger charge is -2.03. The summed E-state index contributed by atoms with van der Waals surface area (Å²) in [4.78, 5) is 26.7. The third-order valence-electron chi connectivity index (χ3n) is 4.50. The van der Waals surface area contributed by atoms with Crippen LogP contribution in [0.5, 0.6) is 0 Å². The van der Waals surface area contributed by atoms with Crippen molar-refractivity contribution in [2.24, 2.45) is 0 Å². The lowest BCUT2D eigenvalue weighted by atomic mass is 10.0. The van der Waals surface area contributed by atoms with Gasteiger partial charge in [0, 0.05) is 29.6 Å². The number of H-pyrrole nitrogens is 1. The smallest absolute Gasteiger partial charge is 0.306 e. The highest BCUT2D eigenvalue weighted by molar-refractivity contribution is 6.01. The molecule has 0 saturated carbocycles. The second-order valence-electron chi connectivity index (χ2n) is 6.15. The van der Waals surface area contributed by atoms with Crippen LogP contribution in [-0.4, -0.2) is 23.5 Å². The third kappa shape index (κ3) is 4.50. The quantitative estimate of drug-likeness (QED) is 0.560. The summed E-state index contributed by atoms with van der Waals surface area (Å²) in [5, 5.41) is 2.93. The van der Waals surface area contributed by atoms with Crippen molar-refractivity contribution >= 4 is 18.0 Å². The van der Waals surface area contributed by atoms with Gasteiger partial charge in [0.2, 0.25) is 0 Å². The maximum Gasteiger partial charge on any atom is 0.306 e. The predicted octanol–water partition coefficient (Wildman–Crippen LogP) is 3.57. The molecule has 5 heteroatoms. The van der Waals surface area contributed by atoms with Crippen LogP contribution in [-0.2, 0) is 20.7 Å². The fourth-order valence-electron chi connectivity index (χ4n) is 2.95.